The van der Waals surface area contributed by atoms with Gasteiger partial charge in [-0.2, -0.15) is 0 Å². The minimum Gasteiger partial charge on any atom is -0.495 e. The number of methoxy groups -OCH3 is 1. The summed E-state index contributed by atoms with van der Waals surface area (Å²) in [5.41, 5.74) is 0.998. The average molecular weight is 374 g/mol. The molecular formula is C20H30N4O3. The van der Waals surface area contributed by atoms with Crippen LogP contribution in [0.4, 0.5) is 10.5 Å². The van der Waals surface area contributed by atoms with E-state index in [0.29, 0.717) is 23.0 Å². The summed E-state index contributed by atoms with van der Waals surface area (Å²) in [6.45, 7) is 3.45. The van der Waals surface area contributed by atoms with E-state index < -0.39 is 0 Å². The lowest BCUT2D eigenvalue weighted by Crippen LogP contribution is -2.40. The zero-order valence-electron chi connectivity index (χ0n) is 16.3. The van der Waals surface area contributed by atoms with Gasteiger partial charge in [-0.25, -0.2) is 4.79 Å². The summed E-state index contributed by atoms with van der Waals surface area (Å²) in [6, 6.07) is 5.58. The number of rotatable bonds is 4. The molecule has 2 aliphatic rings. The lowest BCUT2D eigenvalue weighted by molar-refractivity contribution is 0.0963. The van der Waals surface area contributed by atoms with Crippen LogP contribution in [-0.2, 0) is 0 Å². The van der Waals surface area contributed by atoms with Crippen molar-refractivity contribution < 1.29 is 14.3 Å². The number of hydrogen-bond donors (Lipinski definition) is 2. The van der Waals surface area contributed by atoms with Crippen LogP contribution in [0.2, 0.25) is 0 Å². The predicted molar refractivity (Wildman–Crippen MR) is 105 cm³/mol. The molecule has 1 aliphatic heterocycles. The summed E-state index contributed by atoms with van der Waals surface area (Å²) < 4.78 is 5.34. The Bertz CT molecular complexity index is 673. The Labute approximate surface area is 161 Å². The first-order valence-corrected chi connectivity index (χ1v) is 9.82. The first kappa shape index (κ1) is 19.5. The van der Waals surface area contributed by atoms with Crippen LogP contribution in [0.1, 0.15) is 42.5 Å². The van der Waals surface area contributed by atoms with E-state index in [1.54, 1.807) is 32.4 Å². The van der Waals surface area contributed by atoms with Crippen LogP contribution in [0.25, 0.3) is 0 Å². The maximum atomic E-state index is 12.8. The first-order chi connectivity index (χ1) is 13.1. The fourth-order valence-corrected chi connectivity index (χ4v) is 4.06. The first-order valence-electron chi connectivity index (χ1n) is 9.82. The fraction of sp³-hybridized carbons (Fsp3) is 0.600. The highest BCUT2D eigenvalue weighted by Gasteiger charge is 2.26. The van der Waals surface area contributed by atoms with Gasteiger partial charge in [-0.1, -0.05) is 12.8 Å². The molecule has 3 rings (SSSR count). The van der Waals surface area contributed by atoms with E-state index in [0.717, 1.165) is 32.6 Å². The molecule has 3 amide bonds. The number of amides is 3. The van der Waals surface area contributed by atoms with Gasteiger partial charge < -0.3 is 20.3 Å². The van der Waals surface area contributed by atoms with Crippen LogP contribution < -0.4 is 15.4 Å². The van der Waals surface area contributed by atoms with Crippen molar-refractivity contribution in [2.75, 3.05) is 45.7 Å². The molecule has 0 bridgehead atoms. The second kappa shape index (κ2) is 9.08. The van der Waals surface area contributed by atoms with E-state index in [4.69, 9.17) is 4.74 Å². The van der Waals surface area contributed by atoms with Crippen LogP contribution >= 0.6 is 0 Å². The zero-order valence-corrected chi connectivity index (χ0v) is 16.3. The van der Waals surface area contributed by atoms with Crippen molar-refractivity contribution in [3.05, 3.63) is 23.8 Å². The quantitative estimate of drug-likeness (QED) is 0.849. The van der Waals surface area contributed by atoms with E-state index in [-0.39, 0.29) is 11.9 Å². The summed E-state index contributed by atoms with van der Waals surface area (Å²) in [6.07, 6.45) is 6.21. The molecule has 1 aromatic rings. The number of benzene rings is 1. The normalized spacial score (nSPS) is 18.8. The highest BCUT2D eigenvalue weighted by atomic mass is 16.5. The minimum atomic E-state index is -0.199. The minimum absolute atomic E-state index is 0.143. The van der Waals surface area contributed by atoms with Crippen molar-refractivity contribution in [3.63, 3.8) is 0 Å². The Balaban J connectivity index is 1.65. The fourth-order valence-electron chi connectivity index (χ4n) is 4.06. The molecule has 1 saturated heterocycles. The molecule has 0 unspecified atom stereocenters. The predicted octanol–water partition coefficient (Wildman–Crippen LogP) is 2.54. The molecule has 148 valence electrons. The molecule has 1 aromatic carbocycles. The second-order valence-electron chi connectivity index (χ2n) is 7.24. The lowest BCUT2D eigenvalue weighted by atomic mass is 10.1. The number of hydrogen-bond acceptors (Lipinski definition) is 4. The maximum Gasteiger partial charge on any atom is 0.321 e. The standard InChI is InChI=1S/C20H30N4O3/c1-21-19(25)15-8-9-18(27-2)17(14-15)22-20(26)24-11-5-10-23(12-13-24)16-6-3-4-7-16/h8-9,14,16H,3-7,10-13H2,1-2H3,(H,21,25)(H,22,26). The van der Waals surface area contributed by atoms with Crippen LogP contribution in [0.5, 0.6) is 5.75 Å². The Kier molecular flexibility index (Phi) is 6.55. The van der Waals surface area contributed by atoms with Gasteiger partial charge in [0.15, 0.2) is 0 Å². The molecule has 7 nitrogen and oxygen atoms in total. The van der Waals surface area contributed by atoms with Crippen molar-refractivity contribution in [3.8, 4) is 5.75 Å². The number of ether oxygens (including phenoxy) is 1. The summed E-state index contributed by atoms with van der Waals surface area (Å²) in [5, 5.41) is 5.52. The molecule has 2 N–H and O–H groups in total. The van der Waals surface area contributed by atoms with Crippen molar-refractivity contribution in [1.29, 1.82) is 0 Å². The molecule has 1 aliphatic carbocycles. The van der Waals surface area contributed by atoms with Gasteiger partial charge in [0.1, 0.15) is 5.75 Å². The number of carbonyl (C=O) groups excluding carboxylic acids is 2. The van der Waals surface area contributed by atoms with Crippen LogP contribution in [0.15, 0.2) is 18.2 Å². The molecule has 27 heavy (non-hydrogen) atoms. The van der Waals surface area contributed by atoms with Gasteiger partial charge in [0.2, 0.25) is 0 Å². The smallest absolute Gasteiger partial charge is 0.321 e. The van der Waals surface area contributed by atoms with Crippen molar-refractivity contribution in [1.82, 2.24) is 15.1 Å². The van der Waals surface area contributed by atoms with E-state index >= 15 is 0 Å². The van der Waals surface area contributed by atoms with Gasteiger partial charge in [0, 0.05) is 44.8 Å². The highest BCUT2D eigenvalue weighted by Crippen LogP contribution is 2.27. The Morgan fingerprint density at radius 1 is 1.07 bits per heavy atom. The second-order valence-corrected chi connectivity index (χ2v) is 7.24. The highest BCUT2D eigenvalue weighted by molar-refractivity contribution is 5.97. The van der Waals surface area contributed by atoms with Gasteiger partial charge in [-0.3, -0.25) is 9.69 Å². The van der Waals surface area contributed by atoms with Crippen molar-refractivity contribution in [2.24, 2.45) is 0 Å². The van der Waals surface area contributed by atoms with Gasteiger partial charge >= 0.3 is 6.03 Å². The third kappa shape index (κ3) is 4.71. The number of urea groups is 1. The monoisotopic (exact) mass is 374 g/mol. The summed E-state index contributed by atoms with van der Waals surface area (Å²) in [7, 11) is 3.13. The van der Waals surface area contributed by atoms with Gasteiger partial charge in [0.05, 0.1) is 12.8 Å². The Hall–Kier alpha value is -2.28. The van der Waals surface area contributed by atoms with Gasteiger partial charge in [-0.05, 0) is 37.5 Å². The van der Waals surface area contributed by atoms with E-state index in [9.17, 15) is 9.59 Å². The molecule has 2 fully saturated rings. The van der Waals surface area contributed by atoms with Crippen molar-refractivity contribution >= 4 is 17.6 Å². The summed E-state index contributed by atoms with van der Waals surface area (Å²) in [5.74, 6) is 0.341. The lowest BCUT2D eigenvalue weighted by Gasteiger charge is -2.27. The summed E-state index contributed by atoms with van der Waals surface area (Å²) in [4.78, 5) is 29.1. The van der Waals surface area contributed by atoms with Gasteiger partial charge in [-0.15, -0.1) is 0 Å². The largest absolute Gasteiger partial charge is 0.495 e. The number of carbonyl (C=O) groups is 2. The van der Waals surface area contributed by atoms with Crippen LogP contribution in [0, 0.1) is 0 Å². The summed E-state index contributed by atoms with van der Waals surface area (Å²) >= 11 is 0. The van der Waals surface area contributed by atoms with E-state index in [2.05, 4.69) is 15.5 Å². The molecular weight excluding hydrogens is 344 g/mol. The molecule has 0 radical (unpaired) electrons. The third-order valence-corrected chi connectivity index (χ3v) is 5.59. The van der Waals surface area contributed by atoms with Crippen LogP contribution in [-0.4, -0.2) is 68.1 Å². The SMILES string of the molecule is CNC(=O)c1ccc(OC)c(NC(=O)N2CCCN(C3CCCC3)CC2)c1. The number of anilines is 1. The molecule has 0 atom stereocenters. The topological polar surface area (TPSA) is 73.9 Å². The molecule has 0 spiro atoms. The molecule has 1 heterocycles. The third-order valence-electron chi connectivity index (χ3n) is 5.59. The molecule has 7 heteroatoms. The Morgan fingerprint density at radius 3 is 2.56 bits per heavy atom. The van der Waals surface area contributed by atoms with Crippen LogP contribution in [0.3, 0.4) is 0 Å². The van der Waals surface area contributed by atoms with Crippen molar-refractivity contribution in [2.45, 2.75) is 38.1 Å². The maximum absolute atomic E-state index is 12.8. The van der Waals surface area contributed by atoms with E-state index in [1.165, 1.54) is 25.7 Å². The number of nitrogens with one attached hydrogen (secondary N) is 2. The van der Waals surface area contributed by atoms with Gasteiger partial charge in [0.25, 0.3) is 5.91 Å². The Morgan fingerprint density at radius 2 is 1.85 bits per heavy atom. The van der Waals surface area contributed by atoms with E-state index in [1.807, 2.05) is 4.90 Å². The molecule has 0 aromatic heterocycles. The number of nitrogens with zero attached hydrogens (tertiary/aromatic N) is 2. The average Bonchev–Trinajstić information content (AvgIpc) is 3.11. The zero-order chi connectivity index (χ0) is 19.2. The molecule has 1 saturated carbocycles.